The van der Waals surface area contributed by atoms with E-state index in [1.807, 2.05) is 48.0 Å². The van der Waals surface area contributed by atoms with E-state index in [9.17, 15) is 4.79 Å². The Hall–Kier alpha value is -3.61. The number of aryl methyl sites for hydroxylation is 2. The van der Waals surface area contributed by atoms with E-state index in [0.29, 0.717) is 19.0 Å². The summed E-state index contributed by atoms with van der Waals surface area (Å²) in [6.07, 6.45) is 0. The third-order valence-corrected chi connectivity index (χ3v) is 4.61. The molecular formula is C23H28N6O. The van der Waals surface area contributed by atoms with Gasteiger partial charge >= 0.3 is 0 Å². The third-order valence-electron chi connectivity index (χ3n) is 4.61. The van der Waals surface area contributed by atoms with Gasteiger partial charge in [0.2, 0.25) is 5.91 Å². The Morgan fingerprint density at radius 3 is 2.50 bits per heavy atom. The van der Waals surface area contributed by atoms with Crippen molar-refractivity contribution in [2.24, 2.45) is 4.99 Å². The molecule has 3 N–H and O–H groups in total. The summed E-state index contributed by atoms with van der Waals surface area (Å²) >= 11 is 0. The van der Waals surface area contributed by atoms with Gasteiger partial charge in [0.05, 0.1) is 11.4 Å². The molecule has 0 aliphatic heterocycles. The highest BCUT2D eigenvalue weighted by atomic mass is 16.1. The van der Waals surface area contributed by atoms with E-state index in [1.165, 1.54) is 6.92 Å². The largest absolute Gasteiger partial charge is 0.352 e. The van der Waals surface area contributed by atoms with E-state index >= 15 is 0 Å². The lowest BCUT2D eigenvalue weighted by Gasteiger charge is -2.15. The van der Waals surface area contributed by atoms with Crippen molar-refractivity contribution < 1.29 is 4.79 Å². The van der Waals surface area contributed by atoms with Crippen LogP contribution in [-0.4, -0.2) is 28.7 Å². The van der Waals surface area contributed by atoms with Crippen molar-refractivity contribution in [3.05, 3.63) is 77.1 Å². The summed E-state index contributed by atoms with van der Waals surface area (Å²) in [6.45, 7) is 6.75. The molecule has 7 nitrogen and oxygen atoms in total. The molecule has 0 atom stereocenters. The zero-order valence-corrected chi connectivity index (χ0v) is 17.9. The molecule has 30 heavy (non-hydrogen) atoms. The Morgan fingerprint density at radius 2 is 1.80 bits per heavy atom. The molecule has 0 aliphatic rings. The highest BCUT2D eigenvalue weighted by Crippen LogP contribution is 2.17. The Balaban J connectivity index is 1.64. The number of para-hydroxylation sites is 1. The SMILES string of the molecule is CN=C(NCc1cccc(NC(C)=O)c1)NCc1ccccc1-n1nc(C)cc1C. The molecule has 156 valence electrons. The number of hydrogen-bond donors (Lipinski definition) is 3. The summed E-state index contributed by atoms with van der Waals surface area (Å²) in [5.74, 6) is 0.613. The van der Waals surface area contributed by atoms with E-state index in [0.717, 1.165) is 33.9 Å². The van der Waals surface area contributed by atoms with Crippen molar-refractivity contribution in [2.45, 2.75) is 33.9 Å². The number of carbonyl (C=O) groups is 1. The number of guanidine groups is 1. The van der Waals surface area contributed by atoms with Crippen molar-refractivity contribution >= 4 is 17.6 Å². The topological polar surface area (TPSA) is 83.3 Å². The fourth-order valence-electron chi connectivity index (χ4n) is 3.29. The summed E-state index contributed by atoms with van der Waals surface area (Å²) in [7, 11) is 1.75. The Labute approximate surface area is 177 Å². The standard InChI is InChI=1S/C23H28N6O/c1-16-12-17(2)29(28-16)22-11-6-5-9-20(22)15-26-23(24-4)25-14-19-8-7-10-21(13-19)27-18(3)30/h5-13H,14-15H2,1-4H3,(H,27,30)(H2,24,25,26). The molecule has 0 fully saturated rings. The van der Waals surface area contributed by atoms with Crippen LogP contribution in [0.4, 0.5) is 5.69 Å². The Bertz CT molecular complexity index is 1050. The van der Waals surface area contributed by atoms with E-state index in [1.54, 1.807) is 7.05 Å². The average molecular weight is 405 g/mol. The molecule has 1 aromatic heterocycles. The van der Waals surface area contributed by atoms with Crippen molar-refractivity contribution in [3.8, 4) is 5.69 Å². The van der Waals surface area contributed by atoms with Crippen LogP contribution < -0.4 is 16.0 Å². The zero-order chi connectivity index (χ0) is 21.5. The minimum Gasteiger partial charge on any atom is -0.352 e. The predicted octanol–water partition coefficient (Wildman–Crippen LogP) is 3.31. The second kappa shape index (κ2) is 9.73. The molecule has 2 aromatic carbocycles. The van der Waals surface area contributed by atoms with Gasteiger partial charge in [-0.05, 0) is 49.2 Å². The van der Waals surface area contributed by atoms with E-state index in [-0.39, 0.29) is 5.91 Å². The van der Waals surface area contributed by atoms with Crippen molar-refractivity contribution in [1.29, 1.82) is 0 Å². The smallest absolute Gasteiger partial charge is 0.221 e. The van der Waals surface area contributed by atoms with Gasteiger partial charge in [0.25, 0.3) is 0 Å². The molecule has 0 saturated heterocycles. The summed E-state index contributed by atoms with van der Waals surface area (Å²) < 4.78 is 1.97. The van der Waals surface area contributed by atoms with Crippen LogP contribution in [-0.2, 0) is 17.9 Å². The van der Waals surface area contributed by atoms with Gasteiger partial charge in [-0.2, -0.15) is 5.10 Å². The predicted molar refractivity (Wildman–Crippen MR) is 121 cm³/mol. The van der Waals surface area contributed by atoms with Crippen LogP contribution >= 0.6 is 0 Å². The van der Waals surface area contributed by atoms with Gasteiger partial charge in [-0.1, -0.05) is 30.3 Å². The van der Waals surface area contributed by atoms with Gasteiger partial charge < -0.3 is 16.0 Å². The van der Waals surface area contributed by atoms with Gasteiger partial charge in [0.1, 0.15) is 0 Å². The molecule has 3 rings (SSSR count). The molecule has 0 bridgehead atoms. The van der Waals surface area contributed by atoms with Crippen molar-refractivity contribution in [2.75, 3.05) is 12.4 Å². The Morgan fingerprint density at radius 1 is 1.03 bits per heavy atom. The monoisotopic (exact) mass is 404 g/mol. The third kappa shape index (κ3) is 5.47. The lowest BCUT2D eigenvalue weighted by Crippen LogP contribution is -2.36. The first-order valence-corrected chi connectivity index (χ1v) is 9.89. The molecule has 1 heterocycles. The minimum absolute atomic E-state index is 0.0844. The minimum atomic E-state index is -0.0844. The molecular weight excluding hydrogens is 376 g/mol. The zero-order valence-electron chi connectivity index (χ0n) is 17.9. The number of amides is 1. The van der Waals surface area contributed by atoms with Crippen LogP contribution in [0.5, 0.6) is 0 Å². The molecule has 0 unspecified atom stereocenters. The number of hydrogen-bond acceptors (Lipinski definition) is 3. The van der Waals surface area contributed by atoms with Crippen LogP contribution in [0, 0.1) is 13.8 Å². The lowest BCUT2D eigenvalue weighted by molar-refractivity contribution is -0.114. The number of nitrogens with zero attached hydrogens (tertiary/aromatic N) is 3. The first kappa shape index (κ1) is 21.1. The van der Waals surface area contributed by atoms with Crippen LogP contribution in [0.25, 0.3) is 5.69 Å². The number of anilines is 1. The second-order valence-electron chi connectivity index (χ2n) is 7.13. The van der Waals surface area contributed by atoms with E-state index in [4.69, 9.17) is 0 Å². The molecule has 0 saturated carbocycles. The summed E-state index contributed by atoms with van der Waals surface area (Å²) in [5.41, 5.74) is 6.10. The van der Waals surface area contributed by atoms with Crippen molar-refractivity contribution in [3.63, 3.8) is 0 Å². The number of aromatic nitrogens is 2. The number of nitrogens with one attached hydrogen (secondary N) is 3. The van der Waals surface area contributed by atoms with E-state index in [2.05, 4.69) is 51.2 Å². The molecule has 7 heteroatoms. The normalized spacial score (nSPS) is 11.3. The number of benzene rings is 2. The molecule has 0 radical (unpaired) electrons. The maximum absolute atomic E-state index is 11.2. The van der Waals surface area contributed by atoms with Gasteiger partial charge in [-0.25, -0.2) is 4.68 Å². The molecule has 1 amide bonds. The lowest BCUT2D eigenvalue weighted by atomic mass is 10.1. The first-order chi connectivity index (χ1) is 14.5. The Kier molecular flexibility index (Phi) is 6.85. The second-order valence-corrected chi connectivity index (χ2v) is 7.13. The quantitative estimate of drug-likeness (QED) is 0.435. The van der Waals surface area contributed by atoms with Crippen LogP contribution in [0.15, 0.2) is 59.6 Å². The number of rotatable bonds is 6. The molecule has 0 aliphatic carbocycles. The van der Waals surface area contributed by atoms with Crippen molar-refractivity contribution in [1.82, 2.24) is 20.4 Å². The van der Waals surface area contributed by atoms with Gasteiger partial charge in [-0.3, -0.25) is 9.79 Å². The summed E-state index contributed by atoms with van der Waals surface area (Å²) in [5, 5.41) is 14.1. The van der Waals surface area contributed by atoms with Crippen LogP contribution in [0.1, 0.15) is 29.4 Å². The van der Waals surface area contributed by atoms with Gasteiger partial charge in [0, 0.05) is 38.4 Å². The highest BCUT2D eigenvalue weighted by Gasteiger charge is 2.09. The van der Waals surface area contributed by atoms with Gasteiger partial charge in [-0.15, -0.1) is 0 Å². The molecule has 3 aromatic rings. The maximum atomic E-state index is 11.2. The van der Waals surface area contributed by atoms with Crippen LogP contribution in [0.3, 0.4) is 0 Å². The number of aliphatic imine (C=N–C) groups is 1. The highest BCUT2D eigenvalue weighted by molar-refractivity contribution is 5.88. The summed E-state index contributed by atoms with van der Waals surface area (Å²) in [6, 6.07) is 18.0. The maximum Gasteiger partial charge on any atom is 0.221 e. The van der Waals surface area contributed by atoms with E-state index < -0.39 is 0 Å². The fraction of sp³-hybridized carbons (Fsp3) is 0.261. The fourth-order valence-corrected chi connectivity index (χ4v) is 3.29. The van der Waals surface area contributed by atoms with Crippen LogP contribution in [0.2, 0.25) is 0 Å². The molecule has 0 spiro atoms. The van der Waals surface area contributed by atoms with Gasteiger partial charge in [0.15, 0.2) is 5.96 Å². The average Bonchev–Trinajstić information content (AvgIpc) is 3.06. The summed E-state index contributed by atoms with van der Waals surface area (Å²) in [4.78, 5) is 15.6. The first-order valence-electron chi connectivity index (χ1n) is 9.89. The number of carbonyl (C=O) groups excluding carboxylic acids is 1.